The summed E-state index contributed by atoms with van der Waals surface area (Å²) >= 11 is 1.88. The summed E-state index contributed by atoms with van der Waals surface area (Å²) in [5, 5.41) is 7.40. The first kappa shape index (κ1) is 30.7. The van der Waals surface area contributed by atoms with Crippen LogP contribution in [0.4, 0.5) is 0 Å². The van der Waals surface area contributed by atoms with Crippen molar-refractivity contribution in [2.75, 3.05) is 0 Å². The molecule has 3 aromatic heterocycles. The Bertz CT molecular complexity index is 3120. The molecule has 0 aliphatic rings. The van der Waals surface area contributed by atoms with Gasteiger partial charge in [0.15, 0.2) is 0 Å². The van der Waals surface area contributed by atoms with Gasteiger partial charge in [0.2, 0.25) is 5.95 Å². The molecule has 0 atom stereocenters. The molecule has 0 bridgehead atoms. The van der Waals surface area contributed by atoms with Crippen LogP contribution in [0.1, 0.15) is 0 Å². The molecule has 11 aromatic rings. The van der Waals surface area contributed by atoms with E-state index in [0.717, 1.165) is 33.5 Å². The van der Waals surface area contributed by atoms with Crippen LogP contribution in [0.3, 0.4) is 0 Å². The first-order valence-corrected chi connectivity index (χ1v) is 19.1. The Balaban J connectivity index is 1.26. The number of fused-ring (bicyclic) bond motifs is 10. The van der Waals surface area contributed by atoms with E-state index in [1.54, 1.807) is 0 Å². The summed E-state index contributed by atoms with van der Waals surface area (Å²) in [4.78, 5) is 10.8. The summed E-state index contributed by atoms with van der Waals surface area (Å²) in [6, 6.07) is 67.0. The average Bonchev–Trinajstić information content (AvgIpc) is 3.81. The van der Waals surface area contributed by atoms with Gasteiger partial charge in [0, 0.05) is 52.8 Å². The quantitative estimate of drug-likeness (QED) is 0.178. The predicted molar refractivity (Wildman–Crippen MR) is 229 cm³/mol. The number of nitrogens with zero attached hydrogens (tertiary/aromatic N) is 3. The number of thiophene rings is 1. The molecule has 0 aliphatic heterocycles. The second kappa shape index (κ2) is 12.4. The number of benzene rings is 8. The minimum atomic E-state index is 0.652. The van der Waals surface area contributed by atoms with E-state index in [4.69, 9.17) is 9.97 Å². The van der Waals surface area contributed by atoms with E-state index in [1.165, 1.54) is 64.0 Å². The van der Waals surface area contributed by atoms with Crippen molar-refractivity contribution >= 4 is 64.1 Å². The maximum absolute atomic E-state index is 5.38. The Morgan fingerprint density at radius 2 is 0.870 bits per heavy atom. The monoisotopic (exact) mass is 705 g/mol. The molecule has 0 radical (unpaired) electrons. The van der Waals surface area contributed by atoms with E-state index >= 15 is 0 Å². The molecule has 0 fully saturated rings. The van der Waals surface area contributed by atoms with Gasteiger partial charge in [-0.1, -0.05) is 164 Å². The molecule has 0 amide bonds. The summed E-state index contributed by atoms with van der Waals surface area (Å²) in [5.41, 5.74) is 10.8. The highest BCUT2D eigenvalue weighted by Crippen LogP contribution is 2.48. The first-order valence-electron chi connectivity index (χ1n) is 18.2. The maximum atomic E-state index is 5.38. The van der Waals surface area contributed by atoms with E-state index in [2.05, 4.69) is 180 Å². The van der Waals surface area contributed by atoms with Crippen molar-refractivity contribution in [1.29, 1.82) is 0 Å². The van der Waals surface area contributed by atoms with Crippen molar-refractivity contribution < 1.29 is 0 Å². The van der Waals surface area contributed by atoms with Gasteiger partial charge in [0.05, 0.1) is 22.4 Å². The molecule has 0 spiro atoms. The van der Waals surface area contributed by atoms with Gasteiger partial charge < -0.3 is 0 Å². The number of hydrogen-bond donors (Lipinski definition) is 0. The molecular formula is C50H31N3S. The summed E-state index contributed by atoms with van der Waals surface area (Å²) in [6.07, 6.45) is 0. The second-order valence-corrected chi connectivity index (χ2v) is 14.8. The van der Waals surface area contributed by atoms with Crippen molar-refractivity contribution in [3.63, 3.8) is 0 Å². The standard InChI is InChI=1S/C50H31N3S/c1-4-14-32(15-5-1)33-24-26-34(27-25-33)37-28-29-44-41(30-37)46-47-40-22-12-13-23-45(40)54-49(47)39-21-11-10-20-38(39)48(46)53(44)50-51-42(35-16-6-2-7-17-35)31-43(52-50)36-18-8-3-9-19-36/h1-31H. The maximum Gasteiger partial charge on any atom is 0.235 e. The van der Waals surface area contributed by atoms with Gasteiger partial charge >= 0.3 is 0 Å². The van der Waals surface area contributed by atoms with Crippen LogP contribution in [0.15, 0.2) is 188 Å². The van der Waals surface area contributed by atoms with Crippen molar-refractivity contribution in [2.45, 2.75) is 0 Å². The van der Waals surface area contributed by atoms with Crippen LogP contribution in [-0.4, -0.2) is 14.5 Å². The van der Waals surface area contributed by atoms with E-state index in [9.17, 15) is 0 Å². The molecule has 3 nitrogen and oxygen atoms in total. The minimum absolute atomic E-state index is 0.652. The largest absolute Gasteiger partial charge is 0.277 e. The summed E-state index contributed by atoms with van der Waals surface area (Å²) in [5.74, 6) is 0.652. The number of aromatic nitrogens is 3. The highest BCUT2D eigenvalue weighted by Gasteiger charge is 2.24. The molecule has 54 heavy (non-hydrogen) atoms. The van der Waals surface area contributed by atoms with Crippen LogP contribution in [0.25, 0.3) is 103 Å². The SMILES string of the molecule is c1ccc(-c2ccc(-c3ccc4c(c3)c3c5c6ccccc6sc5c5ccccc5c3n4-c3nc(-c4ccccc4)cc(-c4ccccc4)n3)cc2)cc1. The van der Waals surface area contributed by atoms with Gasteiger partial charge in [-0.15, -0.1) is 11.3 Å². The predicted octanol–water partition coefficient (Wildman–Crippen LogP) is 13.8. The van der Waals surface area contributed by atoms with Crippen LogP contribution in [-0.2, 0) is 0 Å². The van der Waals surface area contributed by atoms with Gasteiger partial charge in [-0.25, -0.2) is 9.97 Å². The van der Waals surface area contributed by atoms with Crippen molar-refractivity contribution in [3.8, 4) is 50.7 Å². The van der Waals surface area contributed by atoms with Gasteiger partial charge in [-0.2, -0.15) is 0 Å². The fraction of sp³-hybridized carbons (Fsp3) is 0. The first-order chi connectivity index (χ1) is 26.8. The second-order valence-electron chi connectivity index (χ2n) is 13.8. The highest BCUT2D eigenvalue weighted by molar-refractivity contribution is 7.27. The van der Waals surface area contributed by atoms with E-state index in [0.29, 0.717) is 5.95 Å². The van der Waals surface area contributed by atoms with Crippen LogP contribution >= 0.6 is 11.3 Å². The molecule has 11 rings (SSSR count). The zero-order chi connectivity index (χ0) is 35.6. The summed E-state index contributed by atoms with van der Waals surface area (Å²) in [6.45, 7) is 0. The lowest BCUT2D eigenvalue weighted by Gasteiger charge is -2.13. The minimum Gasteiger partial charge on any atom is -0.277 e. The molecule has 0 N–H and O–H groups in total. The zero-order valence-corrected chi connectivity index (χ0v) is 30.0. The third-order valence-electron chi connectivity index (χ3n) is 10.6. The van der Waals surface area contributed by atoms with Gasteiger partial charge in [-0.3, -0.25) is 4.57 Å². The molecule has 0 saturated heterocycles. The van der Waals surface area contributed by atoms with Crippen LogP contribution in [0, 0.1) is 0 Å². The zero-order valence-electron chi connectivity index (χ0n) is 29.1. The number of hydrogen-bond acceptors (Lipinski definition) is 3. The van der Waals surface area contributed by atoms with Crippen molar-refractivity contribution in [2.24, 2.45) is 0 Å². The Hall–Kier alpha value is -6.88. The topological polar surface area (TPSA) is 30.7 Å². The van der Waals surface area contributed by atoms with E-state index in [1.807, 2.05) is 23.5 Å². The normalized spacial score (nSPS) is 11.7. The lowest BCUT2D eigenvalue weighted by molar-refractivity contribution is 0.998. The van der Waals surface area contributed by atoms with Crippen molar-refractivity contribution in [1.82, 2.24) is 14.5 Å². The molecule has 3 heterocycles. The number of rotatable bonds is 5. The van der Waals surface area contributed by atoms with Gasteiger partial charge in [-0.05, 0) is 46.5 Å². The Labute approximate surface area is 316 Å². The van der Waals surface area contributed by atoms with Gasteiger partial charge in [0.1, 0.15) is 0 Å². The van der Waals surface area contributed by atoms with E-state index < -0.39 is 0 Å². The third kappa shape index (κ3) is 4.88. The Morgan fingerprint density at radius 1 is 0.370 bits per heavy atom. The molecule has 4 heteroatoms. The van der Waals surface area contributed by atoms with Crippen LogP contribution in [0.2, 0.25) is 0 Å². The summed E-state index contributed by atoms with van der Waals surface area (Å²) in [7, 11) is 0. The van der Waals surface area contributed by atoms with Crippen LogP contribution in [0.5, 0.6) is 0 Å². The van der Waals surface area contributed by atoms with Crippen LogP contribution < -0.4 is 0 Å². The lowest BCUT2D eigenvalue weighted by Crippen LogP contribution is -2.04. The lowest BCUT2D eigenvalue weighted by atomic mass is 9.97. The third-order valence-corrected chi connectivity index (χ3v) is 11.8. The summed E-state index contributed by atoms with van der Waals surface area (Å²) < 4.78 is 4.91. The molecule has 0 aliphatic carbocycles. The van der Waals surface area contributed by atoms with Gasteiger partial charge in [0.25, 0.3) is 0 Å². The molecule has 0 saturated carbocycles. The average molecular weight is 706 g/mol. The Kier molecular flexibility index (Phi) is 7.04. The molecule has 252 valence electrons. The van der Waals surface area contributed by atoms with Crippen molar-refractivity contribution in [3.05, 3.63) is 188 Å². The highest BCUT2D eigenvalue weighted by atomic mass is 32.1. The fourth-order valence-electron chi connectivity index (χ4n) is 8.09. The molecular weight excluding hydrogens is 675 g/mol. The fourth-order valence-corrected chi connectivity index (χ4v) is 9.34. The smallest absolute Gasteiger partial charge is 0.235 e. The van der Waals surface area contributed by atoms with E-state index in [-0.39, 0.29) is 0 Å². The molecule has 8 aromatic carbocycles. The Morgan fingerprint density at radius 3 is 1.52 bits per heavy atom. The molecule has 0 unspecified atom stereocenters.